The summed E-state index contributed by atoms with van der Waals surface area (Å²) < 4.78 is 20.6. The molecular weight excluding hydrogens is 638 g/mol. The van der Waals surface area contributed by atoms with Crippen molar-refractivity contribution in [2.24, 2.45) is 0 Å². The number of rotatable bonds is 13. The number of esters is 2. The second-order valence-corrected chi connectivity index (χ2v) is 10.2. The van der Waals surface area contributed by atoms with Crippen LogP contribution in [0, 0.1) is 0 Å². The predicted octanol–water partition coefficient (Wildman–Crippen LogP) is 3.18. The molecule has 0 saturated carbocycles. The van der Waals surface area contributed by atoms with Crippen LogP contribution in [0.4, 0.5) is 5.69 Å². The van der Waals surface area contributed by atoms with Crippen LogP contribution in [0.25, 0.3) is 0 Å². The standard InChI is InChI=1S/C35H31N3O11/c1-46-26-12-6-10-23(19-26)34(44)48-29(30(33(42)43)49-35(45)24-11-7-13-27(20-24)47-2)32(41)38-37-31(40)22-14-16-25(17-15-22)36-28(39)18-21-8-4-3-5-9-21/h3-17,19-20,29-30H,18H2,1-2H3,(H,36,39)(H,37,40)(H,38,41)(H,42,43)/t29-,30+/m0/s1. The average Bonchev–Trinajstić information content (AvgIpc) is 3.12. The van der Waals surface area contributed by atoms with Gasteiger partial charge in [-0.25, -0.2) is 14.4 Å². The number of methoxy groups -OCH3 is 2. The van der Waals surface area contributed by atoms with E-state index >= 15 is 0 Å². The number of nitrogens with one attached hydrogen (secondary N) is 3. The van der Waals surface area contributed by atoms with Gasteiger partial charge in [0.05, 0.1) is 31.8 Å². The monoisotopic (exact) mass is 669 g/mol. The Morgan fingerprint density at radius 3 is 1.71 bits per heavy atom. The Kier molecular flexibility index (Phi) is 12.0. The third-order valence-electron chi connectivity index (χ3n) is 6.79. The van der Waals surface area contributed by atoms with E-state index in [9.17, 15) is 33.9 Å². The van der Waals surface area contributed by atoms with Crippen molar-refractivity contribution in [2.75, 3.05) is 19.5 Å². The zero-order valence-electron chi connectivity index (χ0n) is 26.2. The lowest BCUT2D eigenvalue weighted by Gasteiger charge is -2.23. The maximum Gasteiger partial charge on any atom is 0.349 e. The number of hydrazine groups is 1. The number of carboxylic acids is 1. The molecule has 0 aliphatic heterocycles. The largest absolute Gasteiger partial charge is 0.497 e. The van der Waals surface area contributed by atoms with Gasteiger partial charge in [-0.1, -0.05) is 42.5 Å². The molecule has 4 aromatic rings. The molecule has 0 unspecified atom stereocenters. The van der Waals surface area contributed by atoms with Gasteiger partial charge in [-0.2, -0.15) is 0 Å². The van der Waals surface area contributed by atoms with Gasteiger partial charge in [-0.05, 0) is 66.2 Å². The van der Waals surface area contributed by atoms with Crippen LogP contribution in [0.15, 0.2) is 103 Å². The second kappa shape index (κ2) is 16.7. The van der Waals surface area contributed by atoms with E-state index in [1.807, 2.05) is 35.8 Å². The molecule has 0 aliphatic carbocycles. The van der Waals surface area contributed by atoms with Crippen LogP contribution in [0.1, 0.15) is 36.6 Å². The molecule has 0 aliphatic rings. The molecule has 14 heteroatoms. The molecular formula is C35H31N3O11. The van der Waals surface area contributed by atoms with Crippen LogP contribution in [0.5, 0.6) is 11.5 Å². The summed E-state index contributed by atoms with van der Waals surface area (Å²) in [6.07, 6.45) is -4.50. The van der Waals surface area contributed by atoms with Crippen molar-refractivity contribution in [3.05, 3.63) is 125 Å². The van der Waals surface area contributed by atoms with Crippen LogP contribution in [-0.4, -0.2) is 67.2 Å². The third kappa shape index (κ3) is 9.89. The normalized spacial score (nSPS) is 11.6. The average molecular weight is 670 g/mol. The van der Waals surface area contributed by atoms with Crippen molar-refractivity contribution in [1.29, 1.82) is 0 Å². The first-order chi connectivity index (χ1) is 23.6. The highest BCUT2D eigenvalue weighted by atomic mass is 16.6. The molecule has 0 saturated heterocycles. The van der Waals surface area contributed by atoms with Crippen LogP contribution >= 0.6 is 0 Å². The molecule has 4 rings (SSSR count). The van der Waals surface area contributed by atoms with E-state index in [0.717, 1.165) is 5.56 Å². The molecule has 0 fully saturated rings. The highest BCUT2D eigenvalue weighted by molar-refractivity contribution is 6.00. The fraction of sp³-hybridized carbons (Fsp3) is 0.143. The Morgan fingerprint density at radius 1 is 0.633 bits per heavy atom. The number of hydrogen-bond donors (Lipinski definition) is 4. The molecule has 0 heterocycles. The first-order valence-electron chi connectivity index (χ1n) is 14.5. The molecule has 0 spiro atoms. The number of aliphatic carboxylic acids is 1. The van der Waals surface area contributed by atoms with Gasteiger partial charge >= 0.3 is 17.9 Å². The van der Waals surface area contributed by atoms with Gasteiger partial charge < -0.3 is 29.4 Å². The molecule has 14 nitrogen and oxygen atoms in total. The highest BCUT2D eigenvalue weighted by Gasteiger charge is 2.41. The van der Waals surface area contributed by atoms with E-state index in [1.165, 1.54) is 87.0 Å². The topological polar surface area (TPSA) is 196 Å². The molecule has 4 N–H and O–H groups in total. The van der Waals surface area contributed by atoms with E-state index in [4.69, 9.17) is 18.9 Å². The quantitative estimate of drug-likeness (QED) is 0.121. The van der Waals surface area contributed by atoms with E-state index < -0.39 is 41.9 Å². The van der Waals surface area contributed by atoms with E-state index in [1.54, 1.807) is 0 Å². The van der Waals surface area contributed by atoms with Crippen LogP contribution in [0.2, 0.25) is 0 Å². The van der Waals surface area contributed by atoms with Gasteiger partial charge in [-0.3, -0.25) is 25.2 Å². The van der Waals surface area contributed by atoms with Crippen LogP contribution in [-0.2, 0) is 30.3 Å². The Hall–Kier alpha value is -6.70. The fourth-order valence-corrected chi connectivity index (χ4v) is 4.31. The molecule has 0 radical (unpaired) electrons. The summed E-state index contributed by atoms with van der Waals surface area (Å²) in [5, 5.41) is 12.7. The Bertz CT molecular complexity index is 1830. The molecule has 252 valence electrons. The van der Waals surface area contributed by atoms with Crippen molar-refractivity contribution in [1.82, 2.24) is 10.9 Å². The molecule has 4 aromatic carbocycles. The maximum atomic E-state index is 13.3. The number of carbonyl (C=O) groups excluding carboxylic acids is 5. The lowest BCUT2D eigenvalue weighted by molar-refractivity contribution is -0.159. The predicted molar refractivity (Wildman–Crippen MR) is 173 cm³/mol. The van der Waals surface area contributed by atoms with Crippen molar-refractivity contribution in [3.63, 3.8) is 0 Å². The molecule has 2 atom stereocenters. The van der Waals surface area contributed by atoms with Crippen molar-refractivity contribution in [2.45, 2.75) is 18.6 Å². The van der Waals surface area contributed by atoms with E-state index in [0.29, 0.717) is 5.69 Å². The van der Waals surface area contributed by atoms with Crippen LogP contribution < -0.4 is 25.6 Å². The molecule has 3 amide bonds. The summed E-state index contributed by atoms with van der Waals surface area (Å²) in [4.78, 5) is 76.8. The number of anilines is 1. The van der Waals surface area contributed by atoms with Crippen molar-refractivity contribution >= 4 is 41.3 Å². The van der Waals surface area contributed by atoms with E-state index in [2.05, 4.69) is 10.7 Å². The first-order valence-corrected chi connectivity index (χ1v) is 14.5. The number of hydrogen-bond acceptors (Lipinski definition) is 10. The van der Waals surface area contributed by atoms with Gasteiger partial charge in [0.25, 0.3) is 11.8 Å². The first kappa shape index (κ1) is 35.2. The van der Waals surface area contributed by atoms with Crippen LogP contribution in [0.3, 0.4) is 0 Å². The SMILES string of the molecule is COc1cccc(C(=O)O[C@H](C(=O)NNC(=O)c2ccc(NC(=O)Cc3ccccc3)cc2)[C@@H](OC(=O)c2cccc(OC)c2)C(=O)O)c1. The Balaban J connectivity index is 1.48. The fourth-order valence-electron chi connectivity index (χ4n) is 4.31. The summed E-state index contributed by atoms with van der Waals surface area (Å²) in [6, 6.07) is 26.0. The van der Waals surface area contributed by atoms with Gasteiger partial charge in [0.2, 0.25) is 18.1 Å². The zero-order chi connectivity index (χ0) is 35.3. The summed E-state index contributed by atoms with van der Waals surface area (Å²) in [6.45, 7) is 0. The van der Waals surface area contributed by atoms with Gasteiger partial charge in [0.1, 0.15) is 11.5 Å². The number of amides is 3. The van der Waals surface area contributed by atoms with Crippen molar-refractivity contribution < 1.29 is 52.8 Å². The number of benzene rings is 4. The highest BCUT2D eigenvalue weighted by Crippen LogP contribution is 2.19. The number of carboxylic acid groups (broad SMARTS) is 1. The summed E-state index contributed by atoms with van der Waals surface area (Å²) in [5.74, 6) is -6.06. The summed E-state index contributed by atoms with van der Waals surface area (Å²) in [5.41, 5.74) is 5.18. The van der Waals surface area contributed by atoms with Gasteiger partial charge in [0, 0.05) is 11.3 Å². The van der Waals surface area contributed by atoms with Gasteiger partial charge in [0.15, 0.2) is 0 Å². The Labute approximate surface area is 279 Å². The minimum atomic E-state index is -2.36. The molecule has 0 aromatic heterocycles. The molecule has 0 bridgehead atoms. The van der Waals surface area contributed by atoms with E-state index in [-0.39, 0.29) is 40.5 Å². The number of ether oxygens (including phenoxy) is 4. The third-order valence-corrected chi connectivity index (χ3v) is 6.79. The summed E-state index contributed by atoms with van der Waals surface area (Å²) >= 11 is 0. The number of carbonyl (C=O) groups is 6. The second-order valence-electron chi connectivity index (χ2n) is 10.2. The minimum Gasteiger partial charge on any atom is -0.497 e. The summed E-state index contributed by atoms with van der Waals surface area (Å²) in [7, 11) is 2.72. The van der Waals surface area contributed by atoms with Crippen molar-refractivity contribution in [3.8, 4) is 11.5 Å². The molecule has 49 heavy (non-hydrogen) atoms. The maximum absolute atomic E-state index is 13.3. The smallest absolute Gasteiger partial charge is 0.349 e. The minimum absolute atomic E-state index is 0.0468. The lowest BCUT2D eigenvalue weighted by Crippen LogP contribution is -2.54. The lowest BCUT2D eigenvalue weighted by atomic mass is 10.1. The zero-order valence-corrected chi connectivity index (χ0v) is 26.2. The Morgan fingerprint density at radius 2 is 1.18 bits per heavy atom. The van der Waals surface area contributed by atoms with Gasteiger partial charge in [-0.15, -0.1) is 0 Å².